The summed E-state index contributed by atoms with van der Waals surface area (Å²) in [7, 11) is 0. The smallest absolute Gasteiger partial charge is 0.231 e. The fourth-order valence-corrected chi connectivity index (χ4v) is 3.92. The van der Waals surface area contributed by atoms with Gasteiger partial charge in [-0.25, -0.2) is 0 Å². The molecule has 2 aliphatic rings. The van der Waals surface area contributed by atoms with Gasteiger partial charge in [0.05, 0.1) is 18.4 Å². The summed E-state index contributed by atoms with van der Waals surface area (Å²) in [5, 5.41) is 0. The number of aromatic nitrogens is 1. The van der Waals surface area contributed by atoms with E-state index in [-0.39, 0.29) is 0 Å². The number of rotatable bonds is 7. The highest BCUT2D eigenvalue weighted by Gasteiger charge is 2.21. The third-order valence-electron chi connectivity index (χ3n) is 5.32. The molecule has 0 spiro atoms. The molecule has 1 saturated heterocycles. The van der Waals surface area contributed by atoms with Gasteiger partial charge in [-0.2, -0.15) is 0 Å². The summed E-state index contributed by atoms with van der Waals surface area (Å²) in [4.78, 5) is 6.89. The van der Waals surface area contributed by atoms with E-state index in [9.17, 15) is 0 Å². The van der Waals surface area contributed by atoms with Gasteiger partial charge in [0.2, 0.25) is 6.79 Å². The number of piperidine rings is 1. The summed E-state index contributed by atoms with van der Waals surface area (Å²) in [5.41, 5.74) is 2.33. The highest BCUT2D eigenvalue weighted by atomic mass is 16.7. The molecule has 4 rings (SSSR count). The van der Waals surface area contributed by atoms with Gasteiger partial charge in [-0.05, 0) is 55.0 Å². The van der Waals surface area contributed by atoms with Crippen LogP contribution in [0.1, 0.15) is 31.0 Å². The first-order valence-electron chi connectivity index (χ1n) is 9.88. The molecule has 0 N–H and O–H groups in total. The van der Waals surface area contributed by atoms with E-state index in [0.717, 1.165) is 56.1 Å². The van der Waals surface area contributed by atoms with Crippen molar-refractivity contribution in [2.24, 2.45) is 5.92 Å². The molecule has 1 aromatic heterocycles. The lowest BCUT2D eigenvalue weighted by molar-refractivity contribution is -0.00589. The van der Waals surface area contributed by atoms with E-state index >= 15 is 0 Å². The summed E-state index contributed by atoms with van der Waals surface area (Å²) in [6, 6.07) is 12.3. The van der Waals surface area contributed by atoms with E-state index < -0.39 is 0 Å². The predicted octanol–water partition coefficient (Wildman–Crippen LogP) is 3.67. The zero-order valence-electron chi connectivity index (χ0n) is 16.0. The van der Waals surface area contributed by atoms with Gasteiger partial charge in [-0.15, -0.1) is 0 Å². The normalized spacial score (nSPS) is 18.6. The second-order valence-electron chi connectivity index (χ2n) is 7.63. The van der Waals surface area contributed by atoms with E-state index in [2.05, 4.69) is 28.9 Å². The maximum absolute atomic E-state index is 6.05. The van der Waals surface area contributed by atoms with Gasteiger partial charge in [0.15, 0.2) is 11.5 Å². The van der Waals surface area contributed by atoms with Crippen LogP contribution in [0.4, 0.5) is 0 Å². The van der Waals surface area contributed by atoms with Crippen molar-refractivity contribution in [3.05, 3.63) is 53.9 Å². The van der Waals surface area contributed by atoms with Crippen LogP contribution >= 0.6 is 0 Å². The third kappa shape index (κ3) is 4.99. The van der Waals surface area contributed by atoms with Gasteiger partial charge in [0.25, 0.3) is 0 Å². The second-order valence-corrected chi connectivity index (χ2v) is 7.63. The number of hydrogen-bond acceptors (Lipinski definition) is 5. The van der Waals surface area contributed by atoms with Crippen LogP contribution in [0, 0.1) is 5.92 Å². The molecule has 1 atom stereocenters. The topological polar surface area (TPSA) is 43.8 Å². The van der Waals surface area contributed by atoms with Crippen molar-refractivity contribution in [1.29, 1.82) is 0 Å². The molecule has 2 aromatic rings. The molecule has 2 aliphatic heterocycles. The lowest BCUT2D eigenvalue weighted by Crippen LogP contribution is -2.39. The van der Waals surface area contributed by atoms with E-state index in [0.29, 0.717) is 25.4 Å². The van der Waals surface area contributed by atoms with Crippen molar-refractivity contribution in [2.45, 2.75) is 38.9 Å². The summed E-state index contributed by atoms with van der Waals surface area (Å²) < 4.78 is 16.9. The van der Waals surface area contributed by atoms with Crippen LogP contribution in [-0.2, 0) is 17.8 Å². The first-order valence-corrected chi connectivity index (χ1v) is 9.88. The molecule has 1 fully saturated rings. The van der Waals surface area contributed by atoms with Crippen LogP contribution in [0.3, 0.4) is 0 Å². The average Bonchev–Trinajstić information content (AvgIpc) is 3.16. The number of hydrogen-bond donors (Lipinski definition) is 0. The number of benzene rings is 1. The predicted molar refractivity (Wildman–Crippen MR) is 104 cm³/mol. The Morgan fingerprint density at radius 3 is 2.81 bits per heavy atom. The van der Waals surface area contributed by atoms with Gasteiger partial charge >= 0.3 is 0 Å². The molecule has 27 heavy (non-hydrogen) atoms. The van der Waals surface area contributed by atoms with E-state index in [4.69, 9.17) is 14.2 Å². The highest BCUT2D eigenvalue weighted by molar-refractivity contribution is 5.44. The van der Waals surface area contributed by atoms with Gasteiger partial charge in [-0.3, -0.25) is 4.98 Å². The molecular weight excluding hydrogens is 340 g/mol. The van der Waals surface area contributed by atoms with Crippen LogP contribution in [0.2, 0.25) is 0 Å². The fourth-order valence-electron chi connectivity index (χ4n) is 3.92. The fraction of sp³-hybridized carbons (Fsp3) is 0.500. The molecule has 0 saturated carbocycles. The summed E-state index contributed by atoms with van der Waals surface area (Å²) in [5.74, 6) is 2.35. The number of ether oxygens (including phenoxy) is 3. The largest absolute Gasteiger partial charge is 0.454 e. The number of pyridine rings is 1. The van der Waals surface area contributed by atoms with Gasteiger partial charge in [0.1, 0.15) is 0 Å². The Balaban J connectivity index is 1.18. The summed E-state index contributed by atoms with van der Waals surface area (Å²) >= 11 is 0. The average molecular weight is 368 g/mol. The number of nitrogens with zero attached hydrogens (tertiary/aromatic N) is 2. The Morgan fingerprint density at radius 2 is 2.00 bits per heavy atom. The zero-order chi connectivity index (χ0) is 18.5. The molecule has 0 bridgehead atoms. The molecule has 0 unspecified atom stereocenters. The first kappa shape index (κ1) is 18.3. The molecule has 0 aliphatic carbocycles. The monoisotopic (exact) mass is 368 g/mol. The van der Waals surface area contributed by atoms with Crippen molar-refractivity contribution in [2.75, 3.05) is 26.4 Å². The Morgan fingerprint density at radius 1 is 1.15 bits per heavy atom. The SMILES string of the molecule is C[C@@H](Cc1ccc2c(c1)OCO2)CN1CCC(OCc2ccccn2)CC1. The Bertz CT molecular complexity index is 730. The van der Waals surface area contributed by atoms with Gasteiger partial charge in [-0.1, -0.05) is 19.1 Å². The van der Waals surface area contributed by atoms with E-state index in [1.54, 1.807) is 0 Å². The summed E-state index contributed by atoms with van der Waals surface area (Å²) in [6.07, 6.45) is 5.44. The van der Waals surface area contributed by atoms with Crippen molar-refractivity contribution in [1.82, 2.24) is 9.88 Å². The molecule has 1 aromatic carbocycles. The lowest BCUT2D eigenvalue weighted by Gasteiger charge is -2.33. The zero-order valence-corrected chi connectivity index (χ0v) is 16.0. The minimum atomic E-state index is 0.339. The number of likely N-dealkylation sites (tertiary alicyclic amines) is 1. The van der Waals surface area contributed by atoms with Crippen LogP contribution in [0.25, 0.3) is 0 Å². The quantitative estimate of drug-likeness (QED) is 0.746. The lowest BCUT2D eigenvalue weighted by atomic mass is 9.98. The highest BCUT2D eigenvalue weighted by Crippen LogP contribution is 2.33. The second kappa shape index (κ2) is 8.72. The molecule has 5 heteroatoms. The molecule has 0 amide bonds. The molecular formula is C22H28N2O3. The van der Waals surface area contributed by atoms with Crippen molar-refractivity contribution >= 4 is 0 Å². The molecule has 0 radical (unpaired) electrons. The van der Waals surface area contributed by atoms with E-state index in [1.807, 2.05) is 30.5 Å². The minimum Gasteiger partial charge on any atom is -0.454 e. The first-order chi connectivity index (χ1) is 13.3. The van der Waals surface area contributed by atoms with Crippen LogP contribution < -0.4 is 9.47 Å². The molecule has 144 valence electrons. The maximum Gasteiger partial charge on any atom is 0.231 e. The van der Waals surface area contributed by atoms with Crippen LogP contribution in [-0.4, -0.2) is 42.4 Å². The van der Waals surface area contributed by atoms with E-state index in [1.165, 1.54) is 5.56 Å². The molecule has 3 heterocycles. The Hall–Kier alpha value is -2.11. The van der Waals surface area contributed by atoms with Gasteiger partial charge < -0.3 is 19.1 Å². The Labute approximate surface area is 161 Å². The van der Waals surface area contributed by atoms with Crippen molar-refractivity contribution in [3.63, 3.8) is 0 Å². The molecule has 5 nitrogen and oxygen atoms in total. The standard InChI is InChI=1S/C22H28N2O3/c1-17(12-18-5-6-21-22(13-18)27-16-26-21)14-24-10-7-20(8-11-24)25-15-19-4-2-3-9-23-19/h2-6,9,13,17,20H,7-8,10-12,14-16H2,1H3/t17-/m0/s1. The maximum atomic E-state index is 6.05. The van der Waals surface area contributed by atoms with Crippen molar-refractivity contribution in [3.8, 4) is 11.5 Å². The minimum absolute atomic E-state index is 0.339. The Kier molecular flexibility index (Phi) is 5.90. The van der Waals surface area contributed by atoms with Crippen LogP contribution in [0.15, 0.2) is 42.6 Å². The van der Waals surface area contributed by atoms with Crippen molar-refractivity contribution < 1.29 is 14.2 Å². The number of fused-ring (bicyclic) bond motifs is 1. The summed E-state index contributed by atoms with van der Waals surface area (Å²) in [6.45, 7) is 6.63. The van der Waals surface area contributed by atoms with Crippen LogP contribution in [0.5, 0.6) is 11.5 Å². The van der Waals surface area contributed by atoms with Gasteiger partial charge in [0, 0.05) is 25.8 Å². The third-order valence-corrected chi connectivity index (χ3v) is 5.32.